The SMILES string of the molecule is CC(C)N=C(NC(C)C)OC(F)(F)C(F)(F)C(F)(F)C(F)(F)C(F)(F)CCC(F)(F)F. The standard InChI is InChI=1S/C15H19F13N2O/c1-7(2)29-9(30-8(3)4)31-15(27,28)14(25,26)13(23,24)12(21,22)10(16,17)5-6-11(18,19)20/h7-8H,5-6H2,1-4H3,(H,29,30). The molecule has 0 aromatic rings. The number of nitrogens with zero attached hydrogens (tertiary/aromatic N) is 1. The molecule has 3 nitrogen and oxygen atoms in total. The van der Waals surface area contributed by atoms with Crippen LogP contribution in [0.25, 0.3) is 0 Å². The maximum Gasteiger partial charge on any atom is 0.473 e. The van der Waals surface area contributed by atoms with E-state index in [1.165, 1.54) is 27.7 Å². The minimum Gasteiger partial charge on any atom is -0.396 e. The largest absolute Gasteiger partial charge is 0.473 e. The molecule has 0 saturated carbocycles. The number of ether oxygens (including phenoxy) is 1. The molecule has 0 atom stereocenters. The van der Waals surface area contributed by atoms with Gasteiger partial charge in [-0.15, -0.1) is 0 Å². The number of rotatable bonds is 9. The lowest BCUT2D eigenvalue weighted by atomic mass is 9.95. The van der Waals surface area contributed by atoms with Crippen molar-refractivity contribution in [2.45, 2.75) is 88.6 Å². The van der Waals surface area contributed by atoms with Gasteiger partial charge in [0.05, 0.1) is 0 Å². The Labute approximate surface area is 168 Å². The quantitative estimate of drug-likeness (QED) is 0.236. The second-order valence-electron chi connectivity index (χ2n) is 6.99. The summed E-state index contributed by atoms with van der Waals surface area (Å²) in [6.45, 7) is 4.87. The van der Waals surface area contributed by atoms with Gasteiger partial charge in [-0.25, -0.2) is 4.99 Å². The second-order valence-corrected chi connectivity index (χ2v) is 6.99. The Kier molecular flexibility index (Phi) is 8.60. The number of halogens is 13. The molecule has 0 fully saturated rings. The van der Waals surface area contributed by atoms with Crippen molar-refractivity contribution >= 4 is 6.02 Å². The smallest absolute Gasteiger partial charge is 0.396 e. The van der Waals surface area contributed by atoms with Gasteiger partial charge in [-0.1, -0.05) is 0 Å². The Morgan fingerprint density at radius 2 is 1.16 bits per heavy atom. The van der Waals surface area contributed by atoms with Gasteiger partial charge in [-0.3, -0.25) is 0 Å². The summed E-state index contributed by atoms with van der Waals surface area (Å²) in [6, 6.07) is -3.31. The lowest BCUT2D eigenvalue weighted by Crippen LogP contribution is -2.68. The van der Waals surface area contributed by atoms with Gasteiger partial charge in [0.15, 0.2) is 0 Å². The van der Waals surface area contributed by atoms with Crippen LogP contribution in [0.2, 0.25) is 0 Å². The van der Waals surface area contributed by atoms with E-state index in [9.17, 15) is 57.1 Å². The topological polar surface area (TPSA) is 33.6 Å². The van der Waals surface area contributed by atoms with Gasteiger partial charge in [-0.05, 0) is 27.7 Å². The molecule has 1 N–H and O–H groups in total. The maximum absolute atomic E-state index is 13.8. The lowest BCUT2D eigenvalue weighted by Gasteiger charge is -2.39. The third kappa shape index (κ3) is 6.67. The van der Waals surface area contributed by atoms with Gasteiger partial charge < -0.3 is 10.1 Å². The average Bonchev–Trinajstić information content (AvgIpc) is 2.49. The third-order valence-corrected chi connectivity index (χ3v) is 3.35. The van der Waals surface area contributed by atoms with E-state index in [-0.39, 0.29) is 0 Å². The van der Waals surface area contributed by atoms with Crippen LogP contribution in [0.5, 0.6) is 0 Å². The molecule has 0 amide bonds. The highest BCUT2D eigenvalue weighted by atomic mass is 19.4. The summed E-state index contributed by atoms with van der Waals surface area (Å²) in [4.78, 5) is 3.23. The number of nitrogens with one attached hydrogen (secondary N) is 1. The minimum absolute atomic E-state index is 0.865. The zero-order chi connectivity index (χ0) is 25.3. The highest BCUT2D eigenvalue weighted by Crippen LogP contribution is 2.58. The van der Waals surface area contributed by atoms with Crippen molar-refractivity contribution in [1.29, 1.82) is 0 Å². The van der Waals surface area contributed by atoms with E-state index in [1.807, 2.05) is 5.32 Å². The predicted molar refractivity (Wildman–Crippen MR) is 82.0 cm³/mol. The Hall–Kier alpha value is -1.64. The van der Waals surface area contributed by atoms with E-state index < -0.39 is 66.9 Å². The van der Waals surface area contributed by atoms with Gasteiger partial charge in [0.2, 0.25) is 0 Å². The molecule has 0 unspecified atom stereocenters. The predicted octanol–water partition coefficient (Wildman–Crippen LogP) is 6.24. The first-order valence-electron chi connectivity index (χ1n) is 8.40. The van der Waals surface area contributed by atoms with Gasteiger partial charge in [0.25, 0.3) is 6.02 Å². The van der Waals surface area contributed by atoms with Gasteiger partial charge in [-0.2, -0.15) is 57.1 Å². The van der Waals surface area contributed by atoms with Crippen molar-refractivity contribution < 1.29 is 61.8 Å². The molecule has 0 aromatic carbocycles. The number of aliphatic imine (C=N–C) groups is 1. The van der Waals surface area contributed by atoms with E-state index in [1.54, 1.807) is 0 Å². The molecule has 0 saturated heterocycles. The van der Waals surface area contributed by atoms with E-state index >= 15 is 0 Å². The Bertz CT molecular complexity index is 627. The van der Waals surface area contributed by atoms with Crippen LogP contribution in [0, 0.1) is 0 Å². The number of amidine groups is 1. The van der Waals surface area contributed by atoms with Crippen molar-refractivity contribution in [3.8, 4) is 0 Å². The minimum atomic E-state index is -7.54. The summed E-state index contributed by atoms with van der Waals surface area (Å²) < 4.78 is 176. The van der Waals surface area contributed by atoms with Gasteiger partial charge in [0, 0.05) is 24.9 Å². The molecule has 0 aromatic heterocycles. The Balaban J connectivity index is 6.11. The molecular formula is C15H19F13N2O. The molecule has 0 spiro atoms. The highest BCUT2D eigenvalue weighted by Gasteiger charge is 2.87. The normalized spacial score (nSPS) is 15.6. The summed E-state index contributed by atoms with van der Waals surface area (Å²) in [6.07, 6.45) is -17.9. The molecular weight excluding hydrogens is 471 g/mol. The van der Waals surface area contributed by atoms with E-state index in [2.05, 4.69) is 9.73 Å². The van der Waals surface area contributed by atoms with Crippen LogP contribution >= 0.6 is 0 Å². The van der Waals surface area contributed by atoms with Crippen molar-refractivity contribution in [2.75, 3.05) is 0 Å². The fourth-order valence-corrected chi connectivity index (χ4v) is 1.83. The zero-order valence-corrected chi connectivity index (χ0v) is 16.3. The number of hydrogen-bond acceptors (Lipinski definition) is 2. The van der Waals surface area contributed by atoms with Crippen molar-refractivity contribution in [1.82, 2.24) is 5.32 Å². The van der Waals surface area contributed by atoms with Crippen LogP contribution in [0.1, 0.15) is 40.5 Å². The fourth-order valence-electron chi connectivity index (χ4n) is 1.83. The summed E-state index contributed by atoms with van der Waals surface area (Å²) in [7, 11) is 0. The van der Waals surface area contributed by atoms with E-state index in [4.69, 9.17) is 0 Å². The zero-order valence-electron chi connectivity index (χ0n) is 16.3. The lowest BCUT2D eigenvalue weighted by molar-refractivity contribution is -0.434. The number of hydrogen-bond donors (Lipinski definition) is 1. The molecule has 0 heterocycles. The molecule has 0 aliphatic rings. The first-order valence-corrected chi connectivity index (χ1v) is 8.40. The monoisotopic (exact) mass is 490 g/mol. The molecule has 186 valence electrons. The second kappa shape index (κ2) is 9.08. The molecule has 31 heavy (non-hydrogen) atoms. The molecule has 0 aliphatic heterocycles. The molecule has 0 rings (SSSR count). The maximum atomic E-state index is 13.8. The molecule has 0 radical (unpaired) electrons. The van der Waals surface area contributed by atoms with Crippen LogP contribution in [-0.4, -0.2) is 54.1 Å². The summed E-state index contributed by atoms with van der Waals surface area (Å²) in [5.74, 6) is -28.6. The van der Waals surface area contributed by atoms with Crippen LogP contribution in [0.3, 0.4) is 0 Å². The van der Waals surface area contributed by atoms with E-state index in [0.29, 0.717) is 0 Å². The molecule has 0 bridgehead atoms. The van der Waals surface area contributed by atoms with Crippen LogP contribution in [0.4, 0.5) is 57.1 Å². The highest BCUT2D eigenvalue weighted by molar-refractivity contribution is 5.74. The Morgan fingerprint density at radius 3 is 1.52 bits per heavy atom. The molecule has 16 heteroatoms. The van der Waals surface area contributed by atoms with Crippen molar-refractivity contribution in [3.05, 3.63) is 0 Å². The first kappa shape index (κ1) is 29.4. The van der Waals surface area contributed by atoms with Gasteiger partial charge >= 0.3 is 36.0 Å². The Morgan fingerprint density at radius 1 is 0.710 bits per heavy atom. The summed E-state index contributed by atoms with van der Waals surface area (Å²) in [5, 5.41) is 1.91. The summed E-state index contributed by atoms with van der Waals surface area (Å²) >= 11 is 0. The van der Waals surface area contributed by atoms with Crippen molar-refractivity contribution in [3.63, 3.8) is 0 Å². The van der Waals surface area contributed by atoms with Crippen LogP contribution < -0.4 is 5.32 Å². The van der Waals surface area contributed by atoms with Crippen LogP contribution in [0.15, 0.2) is 4.99 Å². The van der Waals surface area contributed by atoms with E-state index in [0.717, 1.165) is 0 Å². The third-order valence-electron chi connectivity index (χ3n) is 3.35. The number of alkyl halides is 13. The first-order chi connectivity index (χ1) is 13.4. The molecule has 0 aliphatic carbocycles. The summed E-state index contributed by atoms with van der Waals surface area (Å²) in [5.41, 5.74) is 0. The van der Waals surface area contributed by atoms with Crippen molar-refractivity contribution in [2.24, 2.45) is 4.99 Å². The average molecular weight is 490 g/mol. The fraction of sp³-hybridized carbons (Fsp3) is 0.933. The van der Waals surface area contributed by atoms with Crippen LogP contribution in [-0.2, 0) is 4.74 Å². The van der Waals surface area contributed by atoms with Gasteiger partial charge in [0.1, 0.15) is 0 Å².